The minimum absolute atomic E-state index is 0.0666. The maximum absolute atomic E-state index is 12.2. The molecule has 0 bridgehead atoms. The van der Waals surface area contributed by atoms with Crippen molar-refractivity contribution in [3.8, 4) is 5.75 Å². The van der Waals surface area contributed by atoms with Gasteiger partial charge in [-0.3, -0.25) is 0 Å². The largest absolute Gasteiger partial charge is 0.573 e. The van der Waals surface area contributed by atoms with Gasteiger partial charge in [-0.05, 0) is 30.0 Å². The zero-order chi connectivity index (χ0) is 19.7. The monoisotopic (exact) mass is 421 g/mol. The number of sulfone groups is 1. The van der Waals surface area contributed by atoms with Crippen molar-refractivity contribution in [2.75, 3.05) is 11.5 Å². The van der Waals surface area contributed by atoms with Crippen LogP contribution in [0, 0.1) is 5.92 Å². The molecule has 1 aliphatic heterocycles. The zero-order valence-electron chi connectivity index (χ0n) is 14.4. The first-order valence-electron chi connectivity index (χ1n) is 8.17. The normalized spacial score (nSPS) is 19.3. The Hall–Kier alpha value is -1.75. The quantitative estimate of drug-likeness (QED) is 0.668. The fourth-order valence-electron chi connectivity index (χ4n) is 2.87. The fraction of sp³-hybridized carbons (Fsp3) is 0.500. The Morgan fingerprint density at radius 3 is 2.56 bits per heavy atom. The summed E-state index contributed by atoms with van der Waals surface area (Å²) in [4.78, 5) is 0. The van der Waals surface area contributed by atoms with Crippen molar-refractivity contribution in [1.29, 1.82) is 0 Å². The maximum Gasteiger partial charge on any atom is 0.573 e. The Balaban J connectivity index is 1.56. The highest BCUT2D eigenvalue weighted by atomic mass is 32.2. The average molecular weight is 421 g/mol. The van der Waals surface area contributed by atoms with Gasteiger partial charge in [0.25, 0.3) is 0 Å². The number of halogens is 3. The molecule has 1 fully saturated rings. The molecule has 1 unspecified atom stereocenters. The summed E-state index contributed by atoms with van der Waals surface area (Å²) in [7, 11) is -1.11. The van der Waals surface area contributed by atoms with Crippen LogP contribution in [0.5, 0.6) is 5.75 Å². The Morgan fingerprint density at radius 1 is 1.26 bits per heavy atom. The van der Waals surface area contributed by atoms with Crippen molar-refractivity contribution in [3.63, 3.8) is 0 Å². The lowest BCUT2D eigenvalue weighted by atomic mass is 10.1. The first-order chi connectivity index (χ1) is 12.6. The molecular weight excluding hydrogens is 403 g/mol. The summed E-state index contributed by atoms with van der Waals surface area (Å²) in [5.41, 5.74) is 0.820. The Bertz CT molecular complexity index is 896. The second-order valence-corrected chi connectivity index (χ2v) is 9.58. The highest BCUT2D eigenvalue weighted by Gasteiger charge is 2.31. The molecule has 1 saturated heterocycles. The van der Waals surface area contributed by atoms with Gasteiger partial charge in [-0.15, -0.1) is 23.4 Å². The first-order valence-corrected chi connectivity index (χ1v) is 11.0. The predicted molar refractivity (Wildman–Crippen MR) is 94.2 cm³/mol. The van der Waals surface area contributed by atoms with E-state index in [1.54, 1.807) is 12.1 Å². The summed E-state index contributed by atoms with van der Waals surface area (Å²) in [5.74, 6) is 1.46. The van der Waals surface area contributed by atoms with E-state index in [4.69, 9.17) is 0 Å². The van der Waals surface area contributed by atoms with Gasteiger partial charge >= 0.3 is 6.36 Å². The van der Waals surface area contributed by atoms with Gasteiger partial charge in [0.2, 0.25) is 0 Å². The number of hydrogen-bond acceptors (Lipinski definition) is 6. The van der Waals surface area contributed by atoms with E-state index < -0.39 is 16.2 Å². The minimum Gasteiger partial charge on any atom is -0.406 e. The van der Waals surface area contributed by atoms with Crippen LogP contribution in [0.4, 0.5) is 13.2 Å². The van der Waals surface area contributed by atoms with E-state index >= 15 is 0 Å². The molecule has 3 rings (SSSR count). The van der Waals surface area contributed by atoms with E-state index in [1.807, 2.05) is 11.6 Å². The SMILES string of the molecule is Cn1c(CC2CCS(=O)(=O)C2)nnc1SCc1ccc(OC(F)(F)F)cc1. The standard InChI is InChI=1S/C16H18F3N3O3S2/c1-22-14(8-12-6-7-27(23,24)10-12)20-21-15(22)26-9-11-2-4-13(5-3-11)25-16(17,18)19/h2-5,12H,6-10H2,1H3. The van der Waals surface area contributed by atoms with E-state index in [9.17, 15) is 21.6 Å². The van der Waals surface area contributed by atoms with E-state index in [0.29, 0.717) is 23.8 Å². The number of hydrogen-bond donors (Lipinski definition) is 0. The number of ether oxygens (including phenoxy) is 1. The zero-order valence-corrected chi connectivity index (χ0v) is 16.1. The molecule has 1 aromatic carbocycles. The van der Waals surface area contributed by atoms with Crippen LogP contribution in [0.15, 0.2) is 29.4 Å². The van der Waals surface area contributed by atoms with E-state index in [0.717, 1.165) is 11.4 Å². The summed E-state index contributed by atoms with van der Waals surface area (Å²) in [5, 5.41) is 8.94. The second kappa shape index (κ2) is 7.70. The number of benzene rings is 1. The molecule has 27 heavy (non-hydrogen) atoms. The minimum atomic E-state index is -4.70. The van der Waals surface area contributed by atoms with Crippen LogP contribution in [0.3, 0.4) is 0 Å². The van der Waals surface area contributed by atoms with Gasteiger partial charge in [-0.1, -0.05) is 23.9 Å². The lowest BCUT2D eigenvalue weighted by Crippen LogP contribution is -2.16. The van der Waals surface area contributed by atoms with Gasteiger partial charge in [-0.25, -0.2) is 8.42 Å². The van der Waals surface area contributed by atoms with Crippen molar-refractivity contribution in [2.45, 2.75) is 30.1 Å². The lowest BCUT2D eigenvalue weighted by Gasteiger charge is -2.09. The second-order valence-electron chi connectivity index (χ2n) is 6.41. The molecule has 0 N–H and O–H groups in total. The maximum atomic E-state index is 12.2. The van der Waals surface area contributed by atoms with Gasteiger partial charge in [0, 0.05) is 19.2 Å². The van der Waals surface area contributed by atoms with Gasteiger partial charge < -0.3 is 9.30 Å². The molecule has 1 aromatic heterocycles. The van der Waals surface area contributed by atoms with Crippen molar-refractivity contribution >= 4 is 21.6 Å². The van der Waals surface area contributed by atoms with Crippen molar-refractivity contribution in [3.05, 3.63) is 35.7 Å². The number of thioether (sulfide) groups is 1. The van der Waals surface area contributed by atoms with E-state index in [2.05, 4.69) is 14.9 Å². The van der Waals surface area contributed by atoms with Gasteiger partial charge in [0.15, 0.2) is 15.0 Å². The fourth-order valence-corrected chi connectivity index (χ4v) is 5.62. The Morgan fingerprint density at radius 2 is 1.96 bits per heavy atom. The van der Waals surface area contributed by atoms with Crippen LogP contribution in [0.25, 0.3) is 0 Å². The number of aromatic nitrogens is 3. The van der Waals surface area contributed by atoms with E-state index in [1.165, 1.54) is 23.9 Å². The van der Waals surface area contributed by atoms with E-state index in [-0.39, 0.29) is 23.2 Å². The molecule has 0 spiro atoms. The summed E-state index contributed by atoms with van der Waals surface area (Å²) >= 11 is 1.41. The molecule has 1 aliphatic rings. The molecule has 148 valence electrons. The first kappa shape index (κ1) is 20.0. The molecule has 6 nitrogen and oxygen atoms in total. The number of rotatable bonds is 6. The van der Waals surface area contributed by atoms with Crippen LogP contribution < -0.4 is 4.74 Å². The van der Waals surface area contributed by atoms with Gasteiger partial charge in [0.1, 0.15) is 11.6 Å². The van der Waals surface area contributed by atoms with Gasteiger partial charge in [-0.2, -0.15) is 0 Å². The molecular formula is C16H18F3N3O3S2. The third kappa shape index (κ3) is 5.61. The highest BCUT2D eigenvalue weighted by Crippen LogP contribution is 2.27. The average Bonchev–Trinajstić information content (AvgIpc) is 3.08. The molecule has 11 heteroatoms. The van der Waals surface area contributed by atoms with Crippen molar-refractivity contribution in [2.24, 2.45) is 13.0 Å². The summed E-state index contributed by atoms with van der Waals surface area (Å²) in [6.45, 7) is 0. The molecule has 1 atom stereocenters. The Kier molecular flexibility index (Phi) is 5.71. The van der Waals surface area contributed by atoms with Crippen LogP contribution in [-0.4, -0.2) is 41.1 Å². The van der Waals surface area contributed by atoms with Crippen molar-refractivity contribution in [1.82, 2.24) is 14.8 Å². The molecule has 2 heterocycles. The van der Waals surface area contributed by atoms with Crippen LogP contribution in [0.2, 0.25) is 0 Å². The topological polar surface area (TPSA) is 74.1 Å². The molecule has 0 saturated carbocycles. The molecule has 2 aromatic rings. The number of alkyl halides is 3. The van der Waals surface area contributed by atoms with Crippen molar-refractivity contribution < 1.29 is 26.3 Å². The van der Waals surface area contributed by atoms with Crippen LogP contribution in [-0.2, 0) is 29.1 Å². The third-order valence-corrected chi connectivity index (χ3v) is 7.18. The summed E-state index contributed by atoms with van der Waals surface area (Å²) in [6.07, 6.45) is -3.50. The Labute approximate surface area is 159 Å². The van der Waals surface area contributed by atoms with Crippen LogP contribution >= 0.6 is 11.8 Å². The predicted octanol–water partition coefficient (Wildman–Crippen LogP) is 2.98. The third-order valence-electron chi connectivity index (χ3n) is 4.25. The molecule has 0 aliphatic carbocycles. The molecule has 0 radical (unpaired) electrons. The number of nitrogens with zero attached hydrogens (tertiary/aromatic N) is 3. The van der Waals surface area contributed by atoms with Crippen LogP contribution in [0.1, 0.15) is 17.8 Å². The molecule has 0 amide bonds. The highest BCUT2D eigenvalue weighted by molar-refractivity contribution is 7.98. The summed E-state index contributed by atoms with van der Waals surface area (Å²) in [6, 6.07) is 5.67. The lowest BCUT2D eigenvalue weighted by molar-refractivity contribution is -0.274. The summed E-state index contributed by atoms with van der Waals surface area (Å²) < 4.78 is 65.3. The van der Waals surface area contributed by atoms with Gasteiger partial charge in [0.05, 0.1) is 11.5 Å². The smallest absolute Gasteiger partial charge is 0.406 e.